The van der Waals surface area contributed by atoms with E-state index >= 15 is 0 Å². The fourth-order valence-corrected chi connectivity index (χ4v) is 0.501. The quantitative estimate of drug-likeness (QED) is 0.609. The molecule has 1 rings (SSSR count). The van der Waals surface area contributed by atoms with E-state index in [1.54, 1.807) is 0 Å². The topological polar surface area (TPSA) is 57.1 Å². The number of nitrogens with zero attached hydrogens (tertiary/aromatic N) is 3. The zero-order valence-corrected chi connectivity index (χ0v) is 6.04. The van der Waals surface area contributed by atoms with Crippen LogP contribution in [0.5, 0.6) is 11.9 Å². The largest absolute Gasteiger partial charge is 0.478 e. The summed E-state index contributed by atoms with van der Waals surface area (Å²) < 4.78 is 21.6. The summed E-state index contributed by atoms with van der Waals surface area (Å²) in [7, 11) is 2.64. The number of halogens is 1. The van der Waals surface area contributed by atoms with Gasteiger partial charge in [0.05, 0.1) is 14.2 Å². The van der Waals surface area contributed by atoms with Crippen molar-refractivity contribution in [3.05, 3.63) is 5.95 Å². The Morgan fingerprint density at radius 1 is 1.18 bits per heavy atom. The maximum absolute atomic E-state index is 12.5. The lowest BCUT2D eigenvalue weighted by atomic mass is 10.8. The predicted octanol–water partition coefficient (Wildman–Crippen LogP) is 0.0279. The molecule has 0 saturated carbocycles. The van der Waals surface area contributed by atoms with Gasteiger partial charge in [-0.25, -0.2) is 0 Å². The molecule has 11 heavy (non-hydrogen) atoms. The molecule has 0 atom stereocenters. The molecule has 0 amide bonds. The summed E-state index contributed by atoms with van der Waals surface area (Å²) in [6.07, 6.45) is 0. The molecule has 0 aliphatic rings. The van der Waals surface area contributed by atoms with E-state index in [0.717, 1.165) is 0 Å². The van der Waals surface area contributed by atoms with Gasteiger partial charge in [-0.2, -0.15) is 9.37 Å². The van der Waals surface area contributed by atoms with E-state index in [1.165, 1.54) is 14.2 Å². The first kappa shape index (κ1) is 7.64. The summed E-state index contributed by atoms with van der Waals surface area (Å²) in [5.41, 5.74) is 0. The average molecular weight is 159 g/mol. The number of rotatable bonds is 2. The van der Waals surface area contributed by atoms with Crippen molar-refractivity contribution < 1.29 is 13.9 Å². The predicted molar refractivity (Wildman–Crippen MR) is 32.9 cm³/mol. The molecule has 1 aromatic heterocycles. The third-order valence-corrected chi connectivity index (χ3v) is 0.973. The normalized spacial score (nSPS) is 9.36. The summed E-state index contributed by atoms with van der Waals surface area (Å²) in [4.78, 5) is 3.52. The second-order valence-electron chi connectivity index (χ2n) is 1.60. The van der Waals surface area contributed by atoms with E-state index in [0.29, 0.717) is 0 Å². The van der Waals surface area contributed by atoms with Gasteiger partial charge >= 0.3 is 6.01 Å². The van der Waals surface area contributed by atoms with Crippen molar-refractivity contribution in [2.75, 3.05) is 14.2 Å². The Hall–Kier alpha value is -1.46. The van der Waals surface area contributed by atoms with Crippen molar-refractivity contribution in [1.29, 1.82) is 0 Å². The van der Waals surface area contributed by atoms with Gasteiger partial charge in [0.25, 0.3) is 11.8 Å². The van der Waals surface area contributed by atoms with Crippen LogP contribution in [0.15, 0.2) is 0 Å². The van der Waals surface area contributed by atoms with Gasteiger partial charge in [0, 0.05) is 0 Å². The van der Waals surface area contributed by atoms with Crippen LogP contribution in [0.25, 0.3) is 0 Å². The molecule has 5 nitrogen and oxygen atoms in total. The van der Waals surface area contributed by atoms with Gasteiger partial charge in [-0.1, -0.05) is 5.10 Å². The lowest BCUT2D eigenvalue weighted by Crippen LogP contribution is -2.01. The van der Waals surface area contributed by atoms with Crippen molar-refractivity contribution in [2.45, 2.75) is 0 Å². The molecule has 0 N–H and O–H groups in total. The molecule has 0 aromatic carbocycles. The van der Waals surface area contributed by atoms with Crippen LogP contribution in [0.3, 0.4) is 0 Å². The number of hydrogen-bond acceptors (Lipinski definition) is 5. The minimum absolute atomic E-state index is 0.0248. The summed E-state index contributed by atoms with van der Waals surface area (Å²) in [6.45, 7) is 0. The minimum atomic E-state index is -0.853. The molecule has 0 aliphatic heterocycles. The highest BCUT2D eigenvalue weighted by molar-refractivity contribution is 5.07. The monoisotopic (exact) mass is 159 g/mol. The molecule has 1 heterocycles. The fourth-order valence-electron chi connectivity index (χ4n) is 0.501. The summed E-state index contributed by atoms with van der Waals surface area (Å²) in [6, 6.07) is -0.0248. The van der Waals surface area contributed by atoms with Gasteiger partial charge in [-0.3, -0.25) is 0 Å². The standard InChI is InChI=1S/C5H6FN3O2/c1-10-4-3(6)8-9-5(7-4)11-2/h1-2H3. The lowest BCUT2D eigenvalue weighted by molar-refractivity contribution is 0.318. The first-order chi connectivity index (χ1) is 5.27. The fraction of sp³-hybridized carbons (Fsp3) is 0.400. The van der Waals surface area contributed by atoms with Crippen LogP contribution in [0.1, 0.15) is 0 Å². The summed E-state index contributed by atoms with van der Waals surface area (Å²) in [5.74, 6) is -1.08. The van der Waals surface area contributed by atoms with E-state index in [9.17, 15) is 4.39 Å². The molecular weight excluding hydrogens is 153 g/mol. The molecular formula is C5H6FN3O2. The zero-order chi connectivity index (χ0) is 8.27. The Morgan fingerprint density at radius 3 is 2.45 bits per heavy atom. The average Bonchev–Trinajstić information content (AvgIpc) is 2.05. The van der Waals surface area contributed by atoms with E-state index < -0.39 is 5.95 Å². The molecule has 0 spiro atoms. The van der Waals surface area contributed by atoms with Gasteiger partial charge < -0.3 is 9.47 Å². The Balaban J connectivity index is 3.02. The molecule has 0 unspecified atom stereocenters. The van der Waals surface area contributed by atoms with Crippen molar-refractivity contribution in [3.8, 4) is 11.9 Å². The van der Waals surface area contributed by atoms with Crippen molar-refractivity contribution in [2.24, 2.45) is 0 Å². The first-order valence-corrected chi connectivity index (χ1v) is 2.76. The molecule has 1 aromatic rings. The number of ether oxygens (including phenoxy) is 2. The molecule has 60 valence electrons. The van der Waals surface area contributed by atoms with Gasteiger partial charge in [0.2, 0.25) is 0 Å². The van der Waals surface area contributed by atoms with Crippen molar-refractivity contribution >= 4 is 0 Å². The van der Waals surface area contributed by atoms with E-state index in [-0.39, 0.29) is 11.9 Å². The summed E-state index contributed by atoms with van der Waals surface area (Å²) in [5, 5.41) is 6.36. The minimum Gasteiger partial charge on any atom is -0.478 e. The van der Waals surface area contributed by atoms with Crippen LogP contribution in [0, 0.1) is 5.95 Å². The van der Waals surface area contributed by atoms with E-state index in [2.05, 4.69) is 24.7 Å². The highest BCUT2D eigenvalue weighted by Gasteiger charge is 2.07. The maximum Gasteiger partial charge on any atom is 0.338 e. The van der Waals surface area contributed by atoms with Gasteiger partial charge in [-0.05, 0) is 0 Å². The van der Waals surface area contributed by atoms with E-state index in [1.807, 2.05) is 0 Å². The Kier molecular flexibility index (Phi) is 2.15. The van der Waals surface area contributed by atoms with Gasteiger partial charge in [0.1, 0.15) is 0 Å². The Morgan fingerprint density at radius 2 is 1.91 bits per heavy atom. The van der Waals surface area contributed by atoms with Crippen LogP contribution < -0.4 is 9.47 Å². The van der Waals surface area contributed by atoms with Gasteiger partial charge in [-0.15, -0.1) is 5.10 Å². The van der Waals surface area contributed by atoms with Crippen LogP contribution >= 0.6 is 0 Å². The van der Waals surface area contributed by atoms with Crippen LogP contribution in [-0.4, -0.2) is 29.4 Å². The highest BCUT2D eigenvalue weighted by atomic mass is 19.1. The first-order valence-electron chi connectivity index (χ1n) is 2.76. The molecule has 6 heteroatoms. The number of hydrogen-bond donors (Lipinski definition) is 0. The van der Waals surface area contributed by atoms with Crippen molar-refractivity contribution in [3.63, 3.8) is 0 Å². The van der Waals surface area contributed by atoms with E-state index in [4.69, 9.17) is 0 Å². The van der Waals surface area contributed by atoms with Crippen LogP contribution in [0.2, 0.25) is 0 Å². The molecule has 0 bridgehead atoms. The van der Waals surface area contributed by atoms with Gasteiger partial charge in [0.15, 0.2) is 0 Å². The molecule has 0 saturated heterocycles. The second-order valence-corrected chi connectivity index (χ2v) is 1.60. The number of aromatic nitrogens is 3. The highest BCUT2D eigenvalue weighted by Crippen LogP contribution is 2.11. The lowest BCUT2D eigenvalue weighted by Gasteiger charge is -1.99. The maximum atomic E-state index is 12.5. The van der Waals surface area contributed by atoms with Crippen LogP contribution in [-0.2, 0) is 0 Å². The third-order valence-electron chi connectivity index (χ3n) is 0.973. The molecule has 0 radical (unpaired) electrons. The Bertz CT molecular complexity index is 255. The second kappa shape index (κ2) is 3.09. The molecule has 0 fully saturated rings. The van der Waals surface area contributed by atoms with Crippen LogP contribution in [0.4, 0.5) is 4.39 Å². The SMILES string of the molecule is COc1nnc(F)c(OC)n1. The third kappa shape index (κ3) is 1.51. The smallest absolute Gasteiger partial charge is 0.338 e. The Labute approximate surface area is 62.2 Å². The summed E-state index contributed by atoms with van der Waals surface area (Å²) >= 11 is 0. The number of methoxy groups -OCH3 is 2. The zero-order valence-electron chi connectivity index (χ0n) is 6.04. The molecule has 0 aliphatic carbocycles. The van der Waals surface area contributed by atoms with Crippen molar-refractivity contribution in [1.82, 2.24) is 15.2 Å².